The lowest BCUT2D eigenvalue weighted by Gasteiger charge is -2.03. The summed E-state index contributed by atoms with van der Waals surface area (Å²) in [6.45, 7) is 5.52. The molecule has 0 aliphatic carbocycles. The van der Waals surface area contributed by atoms with Crippen LogP contribution in [0.3, 0.4) is 0 Å². The molecule has 0 saturated heterocycles. The standard InChI is InChI=1S/C15H32OSi/c1-3-5-7-8-9-10-11-12-13-14-16-17-15-6-4-2/h3-15H2,1-2H3. The molecule has 0 aromatic carbocycles. The molecule has 0 N–H and O–H groups in total. The van der Waals surface area contributed by atoms with Crippen LogP contribution in [0.2, 0.25) is 6.04 Å². The Balaban J connectivity index is 2.85. The Hall–Kier alpha value is 0.177. The molecule has 0 bridgehead atoms. The summed E-state index contributed by atoms with van der Waals surface area (Å²) in [7, 11) is 0.751. The van der Waals surface area contributed by atoms with E-state index in [9.17, 15) is 0 Å². The molecule has 0 aromatic rings. The summed E-state index contributed by atoms with van der Waals surface area (Å²) in [5.41, 5.74) is 0. The fraction of sp³-hybridized carbons (Fsp3) is 1.00. The van der Waals surface area contributed by atoms with Gasteiger partial charge >= 0.3 is 0 Å². The fourth-order valence-electron chi connectivity index (χ4n) is 1.88. The molecule has 17 heavy (non-hydrogen) atoms. The van der Waals surface area contributed by atoms with E-state index in [2.05, 4.69) is 13.8 Å². The van der Waals surface area contributed by atoms with Gasteiger partial charge in [0.25, 0.3) is 0 Å². The second-order valence-electron chi connectivity index (χ2n) is 4.92. The van der Waals surface area contributed by atoms with E-state index in [4.69, 9.17) is 4.43 Å². The quantitative estimate of drug-likeness (QED) is 0.300. The Bertz CT molecular complexity index is 114. The maximum atomic E-state index is 5.62. The van der Waals surface area contributed by atoms with Crippen molar-refractivity contribution in [3.8, 4) is 0 Å². The molecule has 0 aliphatic heterocycles. The third-order valence-corrected chi connectivity index (χ3v) is 4.05. The Morgan fingerprint density at radius 3 is 1.76 bits per heavy atom. The van der Waals surface area contributed by atoms with Crippen LogP contribution >= 0.6 is 0 Å². The van der Waals surface area contributed by atoms with Crippen LogP contribution in [0.1, 0.15) is 84.5 Å². The second kappa shape index (κ2) is 16.2. The number of hydrogen-bond acceptors (Lipinski definition) is 1. The molecule has 0 fully saturated rings. The number of unbranched alkanes of at least 4 members (excludes halogenated alkanes) is 9. The van der Waals surface area contributed by atoms with Gasteiger partial charge in [0.1, 0.15) is 0 Å². The zero-order valence-electron chi connectivity index (χ0n) is 12.1. The average molecular weight is 257 g/mol. The van der Waals surface area contributed by atoms with Gasteiger partial charge in [-0.3, -0.25) is 0 Å². The first-order valence-electron chi connectivity index (χ1n) is 7.76. The summed E-state index contributed by atoms with van der Waals surface area (Å²) in [5, 5.41) is 0. The molecule has 0 aliphatic rings. The van der Waals surface area contributed by atoms with Crippen molar-refractivity contribution in [1.29, 1.82) is 0 Å². The van der Waals surface area contributed by atoms with Crippen molar-refractivity contribution in [1.82, 2.24) is 0 Å². The normalized spacial score (nSPS) is 10.9. The summed E-state index contributed by atoms with van der Waals surface area (Å²) in [6.07, 6.45) is 15.2. The van der Waals surface area contributed by atoms with Crippen molar-refractivity contribution in [2.45, 2.75) is 90.5 Å². The molecule has 0 rings (SSSR count). The fourth-order valence-corrected chi connectivity index (χ4v) is 2.81. The molecule has 102 valence electrons. The van der Waals surface area contributed by atoms with Gasteiger partial charge in [-0.25, -0.2) is 0 Å². The Labute approximate surface area is 112 Å². The second-order valence-corrected chi connectivity index (χ2v) is 6.00. The number of hydrogen-bond donors (Lipinski definition) is 0. The maximum absolute atomic E-state index is 5.62. The van der Waals surface area contributed by atoms with E-state index in [0.717, 1.165) is 16.4 Å². The van der Waals surface area contributed by atoms with Crippen molar-refractivity contribution in [2.24, 2.45) is 0 Å². The average Bonchev–Trinajstić information content (AvgIpc) is 2.35. The van der Waals surface area contributed by atoms with Crippen LogP contribution in [-0.2, 0) is 4.43 Å². The summed E-state index contributed by atoms with van der Waals surface area (Å²) < 4.78 is 5.62. The van der Waals surface area contributed by atoms with Crippen molar-refractivity contribution in [2.75, 3.05) is 6.61 Å². The SMILES string of the molecule is CCCCCCCCCCCO[Si]CCCC. The van der Waals surface area contributed by atoms with E-state index in [1.807, 2.05) is 0 Å². The molecule has 0 atom stereocenters. The zero-order chi connectivity index (χ0) is 12.6. The largest absolute Gasteiger partial charge is 0.417 e. The van der Waals surface area contributed by atoms with Crippen molar-refractivity contribution in [3.63, 3.8) is 0 Å². The van der Waals surface area contributed by atoms with Gasteiger partial charge in [0.2, 0.25) is 9.76 Å². The monoisotopic (exact) mass is 256 g/mol. The molecule has 0 unspecified atom stereocenters. The van der Waals surface area contributed by atoms with Crippen LogP contribution in [0.5, 0.6) is 0 Å². The molecular weight excluding hydrogens is 224 g/mol. The van der Waals surface area contributed by atoms with E-state index < -0.39 is 0 Å². The smallest absolute Gasteiger partial charge is 0.229 e. The van der Waals surface area contributed by atoms with Crippen LogP contribution < -0.4 is 0 Å². The minimum absolute atomic E-state index is 0.751. The summed E-state index contributed by atoms with van der Waals surface area (Å²) in [4.78, 5) is 0. The highest BCUT2D eigenvalue weighted by molar-refractivity contribution is 6.26. The van der Waals surface area contributed by atoms with E-state index in [0.29, 0.717) is 0 Å². The van der Waals surface area contributed by atoms with Crippen LogP contribution in [0, 0.1) is 0 Å². The van der Waals surface area contributed by atoms with Crippen molar-refractivity contribution in [3.05, 3.63) is 0 Å². The van der Waals surface area contributed by atoms with Crippen LogP contribution in [0.15, 0.2) is 0 Å². The first-order chi connectivity index (χ1) is 8.41. The van der Waals surface area contributed by atoms with Crippen LogP contribution in [0.25, 0.3) is 0 Å². The third-order valence-electron chi connectivity index (χ3n) is 3.08. The predicted molar refractivity (Wildman–Crippen MR) is 78.6 cm³/mol. The summed E-state index contributed by atoms with van der Waals surface area (Å²) in [6, 6.07) is 1.27. The maximum Gasteiger partial charge on any atom is 0.229 e. The van der Waals surface area contributed by atoms with Gasteiger partial charge in [0.05, 0.1) is 0 Å². The Morgan fingerprint density at radius 1 is 0.647 bits per heavy atom. The molecule has 0 amide bonds. The lowest BCUT2D eigenvalue weighted by atomic mass is 10.1. The first-order valence-corrected chi connectivity index (χ1v) is 8.88. The highest BCUT2D eigenvalue weighted by Gasteiger charge is 1.93. The summed E-state index contributed by atoms with van der Waals surface area (Å²) >= 11 is 0. The molecule has 0 saturated carbocycles. The molecule has 2 heteroatoms. The molecule has 0 heterocycles. The van der Waals surface area contributed by atoms with Gasteiger partial charge in [-0.15, -0.1) is 0 Å². The highest BCUT2D eigenvalue weighted by Crippen LogP contribution is 2.09. The van der Waals surface area contributed by atoms with Crippen LogP contribution in [-0.4, -0.2) is 16.4 Å². The van der Waals surface area contributed by atoms with E-state index in [1.165, 1.54) is 76.7 Å². The first kappa shape index (κ1) is 17.2. The van der Waals surface area contributed by atoms with Gasteiger partial charge in [0, 0.05) is 6.61 Å². The van der Waals surface area contributed by atoms with E-state index in [1.54, 1.807) is 0 Å². The zero-order valence-corrected chi connectivity index (χ0v) is 13.1. The molecule has 2 radical (unpaired) electrons. The van der Waals surface area contributed by atoms with Gasteiger partial charge in [-0.2, -0.15) is 0 Å². The van der Waals surface area contributed by atoms with Gasteiger partial charge in [-0.1, -0.05) is 78.1 Å². The molecular formula is C15H32OSi. The van der Waals surface area contributed by atoms with E-state index >= 15 is 0 Å². The Kier molecular flexibility index (Phi) is 16.3. The minimum Gasteiger partial charge on any atom is -0.417 e. The molecule has 0 aromatic heterocycles. The minimum atomic E-state index is 0.751. The van der Waals surface area contributed by atoms with Gasteiger partial charge in [0.15, 0.2) is 0 Å². The van der Waals surface area contributed by atoms with Gasteiger partial charge in [-0.05, 0) is 12.5 Å². The molecule has 0 spiro atoms. The topological polar surface area (TPSA) is 9.23 Å². The van der Waals surface area contributed by atoms with Gasteiger partial charge < -0.3 is 4.43 Å². The lowest BCUT2D eigenvalue weighted by molar-refractivity contribution is 0.319. The van der Waals surface area contributed by atoms with Crippen LogP contribution in [0.4, 0.5) is 0 Å². The van der Waals surface area contributed by atoms with Crippen molar-refractivity contribution < 1.29 is 4.43 Å². The lowest BCUT2D eigenvalue weighted by Crippen LogP contribution is -2.00. The van der Waals surface area contributed by atoms with Crippen molar-refractivity contribution >= 4 is 9.76 Å². The number of rotatable bonds is 14. The predicted octanol–water partition coefficient (Wildman–Crippen LogP) is 5.37. The third kappa shape index (κ3) is 16.2. The highest BCUT2D eigenvalue weighted by atomic mass is 28.2. The Morgan fingerprint density at radius 2 is 1.18 bits per heavy atom. The summed E-state index contributed by atoms with van der Waals surface area (Å²) in [5.74, 6) is 0. The van der Waals surface area contributed by atoms with E-state index in [-0.39, 0.29) is 0 Å². The molecule has 1 nitrogen and oxygen atoms in total.